The Balaban J connectivity index is 0.971. The number of fused-ring (bicyclic) bond motifs is 9. The molecule has 2 spiro atoms. The third kappa shape index (κ3) is 4.74. The van der Waals surface area contributed by atoms with Crippen molar-refractivity contribution in [1.29, 1.82) is 0 Å². The zero-order valence-corrected chi connectivity index (χ0v) is 36.5. The van der Waals surface area contributed by atoms with Crippen LogP contribution in [-0.4, -0.2) is 0 Å². The smallest absolute Gasteiger partial charge is 0.0540 e. The maximum atomic E-state index is 2.72. The third-order valence-corrected chi connectivity index (χ3v) is 19.4. The highest BCUT2D eigenvalue weighted by atomic mass is 15.1. The Kier molecular flexibility index (Phi) is 7.48. The summed E-state index contributed by atoms with van der Waals surface area (Å²) in [5, 5.41) is 2.61. The molecule has 0 aromatic heterocycles. The summed E-state index contributed by atoms with van der Waals surface area (Å²) in [6.07, 6.45) is 17.0. The van der Waals surface area contributed by atoms with Crippen molar-refractivity contribution < 1.29 is 0 Å². The Morgan fingerprint density at radius 2 is 0.841 bits per heavy atom. The summed E-state index contributed by atoms with van der Waals surface area (Å²) in [5.41, 5.74) is 19.2. The van der Waals surface area contributed by atoms with E-state index in [0.717, 1.165) is 41.4 Å². The zero-order chi connectivity index (χ0) is 41.0. The molecule has 7 aromatic rings. The molecular formula is C62H57N. The number of rotatable bonds is 4. The second kappa shape index (κ2) is 13.1. The van der Waals surface area contributed by atoms with E-state index in [1.807, 2.05) is 0 Å². The van der Waals surface area contributed by atoms with Crippen LogP contribution < -0.4 is 4.90 Å². The molecule has 0 saturated heterocycles. The molecule has 10 aliphatic carbocycles. The highest BCUT2D eigenvalue weighted by molar-refractivity contribution is 6.06. The first-order valence-electron chi connectivity index (χ1n) is 25.0. The van der Waals surface area contributed by atoms with Crippen molar-refractivity contribution in [3.63, 3.8) is 0 Å². The van der Waals surface area contributed by atoms with E-state index in [4.69, 9.17) is 0 Å². The van der Waals surface area contributed by atoms with Crippen LogP contribution in [0.3, 0.4) is 0 Å². The molecule has 1 nitrogen and oxygen atoms in total. The summed E-state index contributed by atoms with van der Waals surface area (Å²) >= 11 is 0. The fourth-order valence-electron chi connectivity index (χ4n) is 17.6. The van der Waals surface area contributed by atoms with Crippen molar-refractivity contribution in [2.24, 2.45) is 47.3 Å². The van der Waals surface area contributed by atoms with Crippen LogP contribution in [0.1, 0.15) is 99.3 Å². The quantitative estimate of drug-likeness (QED) is 0.171. The normalized spacial score (nSPS) is 32.1. The van der Waals surface area contributed by atoms with E-state index in [1.54, 1.807) is 22.3 Å². The van der Waals surface area contributed by atoms with Crippen molar-refractivity contribution in [2.75, 3.05) is 4.90 Å². The lowest BCUT2D eigenvalue weighted by atomic mass is 9.51. The Bertz CT molecular complexity index is 2990. The average Bonchev–Trinajstić information content (AvgIpc) is 3.54. The molecule has 0 N–H and O–H groups in total. The number of benzene rings is 7. The minimum absolute atomic E-state index is 0.0970. The van der Waals surface area contributed by atoms with Crippen molar-refractivity contribution in [2.45, 2.75) is 87.9 Å². The molecule has 1 heteroatoms. The molecule has 7 aromatic carbocycles. The van der Waals surface area contributed by atoms with Crippen LogP contribution in [0.4, 0.5) is 17.1 Å². The lowest BCUT2D eigenvalue weighted by Gasteiger charge is -2.53. The summed E-state index contributed by atoms with van der Waals surface area (Å²) in [4.78, 5) is 2.69. The van der Waals surface area contributed by atoms with E-state index in [1.165, 1.54) is 138 Å². The van der Waals surface area contributed by atoms with E-state index < -0.39 is 0 Å². The molecule has 8 bridgehead atoms. The van der Waals surface area contributed by atoms with Gasteiger partial charge in [0.25, 0.3) is 0 Å². The fraction of sp³-hybridized carbons (Fsp3) is 0.355. The maximum absolute atomic E-state index is 2.72. The van der Waals surface area contributed by atoms with Crippen LogP contribution in [0.2, 0.25) is 0 Å². The molecule has 63 heavy (non-hydrogen) atoms. The molecule has 0 aliphatic heterocycles. The van der Waals surface area contributed by atoms with Crippen molar-refractivity contribution in [3.05, 3.63) is 174 Å². The van der Waals surface area contributed by atoms with Gasteiger partial charge in [0.1, 0.15) is 0 Å². The van der Waals surface area contributed by atoms with Crippen LogP contribution in [0.5, 0.6) is 0 Å². The van der Waals surface area contributed by atoms with Crippen molar-refractivity contribution >= 4 is 27.8 Å². The van der Waals surface area contributed by atoms with E-state index in [2.05, 4.69) is 157 Å². The van der Waals surface area contributed by atoms with Gasteiger partial charge in [0.15, 0.2) is 0 Å². The third-order valence-electron chi connectivity index (χ3n) is 19.4. The van der Waals surface area contributed by atoms with Gasteiger partial charge < -0.3 is 4.90 Å². The molecule has 0 radical (unpaired) electrons. The first kappa shape index (κ1) is 36.0. The SMILES string of the molecule is c1ccc(-c2ccc(N(c3ccc4c(c3)-c3ccccc3C43C4CCC5CC(C4)CC3C5)c3ccc4c(c3)C3(c5ccccc5-4)C4CCC5CC(C4)CC3C5)c3ccccc23)cc1. The molecule has 10 aliphatic rings. The highest BCUT2D eigenvalue weighted by Gasteiger charge is 2.61. The van der Waals surface area contributed by atoms with Crippen LogP contribution in [0, 0.1) is 47.3 Å². The number of hydrogen-bond donors (Lipinski definition) is 0. The summed E-state index contributed by atoms with van der Waals surface area (Å²) in [6.45, 7) is 0. The summed E-state index contributed by atoms with van der Waals surface area (Å²) in [5.74, 6) is 6.59. The minimum atomic E-state index is 0.0970. The Morgan fingerprint density at radius 3 is 1.56 bits per heavy atom. The lowest BCUT2D eigenvalue weighted by Crippen LogP contribution is -2.48. The predicted octanol–water partition coefficient (Wildman–Crippen LogP) is 16.2. The van der Waals surface area contributed by atoms with Gasteiger partial charge >= 0.3 is 0 Å². The van der Waals surface area contributed by atoms with E-state index in [-0.39, 0.29) is 10.8 Å². The Morgan fingerprint density at radius 1 is 0.333 bits per heavy atom. The van der Waals surface area contributed by atoms with E-state index >= 15 is 0 Å². The van der Waals surface area contributed by atoms with Crippen LogP contribution >= 0.6 is 0 Å². The molecule has 0 heterocycles. The highest BCUT2D eigenvalue weighted by Crippen LogP contribution is 2.70. The van der Waals surface area contributed by atoms with Gasteiger partial charge in [-0.05, 0) is 203 Å². The summed E-state index contributed by atoms with van der Waals surface area (Å²) in [7, 11) is 0. The molecule has 8 fully saturated rings. The molecule has 8 saturated carbocycles. The van der Waals surface area contributed by atoms with Gasteiger partial charge in [0.05, 0.1) is 5.69 Å². The van der Waals surface area contributed by atoms with Gasteiger partial charge in [-0.1, -0.05) is 134 Å². The topological polar surface area (TPSA) is 3.24 Å². The van der Waals surface area contributed by atoms with Crippen molar-refractivity contribution in [1.82, 2.24) is 0 Å². The molecule has 0 amide bonds. The van der Waals surface area contributed by atoms with Gasteiger partial charge in [-0.15, -0.1) is 0 Å². The Labute approximate surface area is 373 Å². The molecule has 17 rings (SSSR count). The monoisotopic (exact) mass is 815 g/mol. The Hall–Kier alpha value is -5.40. The maximum Gasteiger partial charge on any atom is 0.0540 e. The standard InChI is InChI=1S/C62H57N/c1-2-10-42(11-3-1)49-25-27-60(54-15-5-4-12-50(49)54)63(47-23-26-58-55(36-47)52-14-7-9-17-57(52)61(58)43-20-18-38-28-40(32-43)34-45(61)30-38)48-22-24-53-51-13-6-8-16-56(51)62(59(53)37-48)44-21-19-39-29-41(33-44)35-46(62)31-39/h1-17,22-27,36-41,43-46H,18-21,28-35H2. The second-order valence-electron chi connectivity index (χ2n) is 22.0. The predicted molar refractivity (Wildman–Crippen MR) is 260 cm³/mol. The molecule has 10 unspecified atom stereocenters. The van der Waals surface area contributed by atoms with E-state index in [9.17, 15) is 0 Å². The molecular weight excluding hydrogens is 759 g/mol. The van der Waals surface area contributed by atoms with E-state index in [0.29, 0.717) is 5.92 Å². The van der Waals surface area contributed by atoms with Gasteiger partial charge in [-0.2, -0.15) is 0 Å². The zero-order valence-electron chi connectivity index (χ0n) is 36.5. The summed E-state index contributed by atoms with van der Waals surface area (Å²) in [6, 6.07) is 60.0. The molecule has 310 valence electrons. The van der Waals surface area contributed by atoms with Crippen molar-refractivity contribution in [3.8, 4) is 33.4 Å². The van der Waals surface area contributed by atoms with Crippen LogP contribution in [-0.2, 0) is 10.8 Å². The first-order chi connectivity index (χ1) is 31.2. The minimum Gasteiger partial charge on any atom is -0.310 e. The number of nitrogens with zero attached hydrogens (tertiary/aromatic N) is 1. The summed E-state index contributed by atoms with van der Waals surface area (Å²) < 4.78 is 0. The number of hydrogen-bond acceptors (Lipinski definition) is 1. The fourth-order valence-corrected chi connectivity index (χ4v) is 17.6. The van der Waals surface area contributed by atoms with Gasteiger partial charge in [0, 0.05) is 27.6 Å². The first-order valence-corrected chi connectivity index (χ1v) is 25.0. The van der Waals surface area contributed by atoms with Gasteiger partial charge in [-0.3, -0.25) is 0 Å². The van der Waals surface area contributed by atoms with Crippen LogP contribution in [0.15, 0.2) is 152 Å². The largest absolute Gasteiger partial charge is 0.310 e. The van der Waals surface area contributed by atoms with Gasteiger partial charge in [-0.25, -0.2) is 0 Å². The lowest BCUT2D eigenvalue weighted by molar-refractivity contribution is 0.0617. The second-order valence-corrected chi connectivity index (χ2v) is 22.0. The average molecular weight is 816 g/mol. The number of anilines is 3. The van der Waals surface area contributed by atoms with Crippen LogP contribution in [0.25, 0.3) is 44.2 Å². The van der Waals surface area contributed by atoms with Gasteiger partial charge in [0.2, 0.25) is 0 Å². The molecule has 10 atom stereocenters.